The molecular formula is C26H23NO5. The summed E-state index contributed by atoms with van der Waals surface area (Å²) in [6.07, 6.45) is 0. The maximum atomic E-state index is 12.9. The molecule has 3 aromatic carbocycles. The van der Waals surface area contributed by atoms with Gasteiger partial charge in [-0.2, -0.15) is 0 Å². The molecule has 0 saturated heterocycles. The first-order chi connectivity index (χ1) is 15.4. The molecule has 0 aliphatic rings. The number of aromatic carboxylic acids is 1. The van der Waals surface area contributed by atoms with Crippen LogP contribution in [0.1, 0.15) is 34.5 Å². The number of nitrogens with one attached hydrogen (secondary N) is 1. The molecule has 0 fully saturated rings. The molecule has 162 valence electrons. The van der Waals surface area contributed by atoms with Crippen molar-refractivity contribution in [3.8, 4) is 17.1 Å². The van der Waals surface area contributed by atoms with E-state index < -0.39 is 5.97 Å². The van der Waals surface area contributed by atoms with E-state index in [1.54, 1.807) is 37.4 Å². The largest absolute Gasteiger partial charge is 0.497 e. The molecule has 0 spiro atoms. The third-order valence-corrected chi connectivity index (χ3v) is 5.37. The quantitative estimate of drug-likeness (QED) is 0.412. The highest BCUT2D eigenvalue weighted by molar-refractivity contribution is 5.94. The SMILES string of the molecule is COc1ccc(-c2cc(=O)c3cc(C)cc([C@@H](C)Nc4ccccc4C(=O)O)c3o2)cc1. The van der Waals surface area contributed by atoms with Gasteiger partial charge in [-0.3, -0.25) is 4.79 Å². The Hall–Kier alpha value is -4.06. The lowest BCUT2D eigenvalue weighted by Crippen LogP contribution is -2.12. The number of fused-ring (bicyclic) bond motifs is 1. The molecule has 0 saturated carbocycles. The van der Waals surface area contributed by atoms with Gasteiger partial charge in [0.15, 0.2) is 5.43 Å². The minimum atomic E-state index is -1.01. The van der Waals surface area contributed by atoms with Crippen LogP contribution < -0.4 is 15.5 Å². The molecule has 0 unspecified atom stereocenters. The van der Waals surface area contributed by atoms with Crippen LogP contribution >= 0.6 is 0 Å². The Morgan fingerprint density at radius 1 is 1.06 bits per heavy atom. The van der Waals surface area contributed by atoms with Crippen LogP contribution in [-0.4, -0.2) is 18.2 Å². The number of hydrogen-bond donors (Lipinski definition) is 2. The van der Waals surface area contributed by atoms with E-state index in [9.17, 15) is 14.7 Å². The number of carboxylic acid groups (broad SMARTS) is 1. The maximum Gasteiger partial charge on any atom is 0.337 e. The van der Waals surface area contributed by atoms with Gasteiger partial charge in [0.2, 0.25) is 0 Å². The molecule has 0 amide bonds. The average Bonchev–Trinajstić information content (AvgIpc) is 2.79. The van der Waals surface area contributed by atoms with Crippen LogP contribution in [0.25, 0.3) is 22.3 Å². The summed E-state index contributed by atoms with van der Waals surface area (Å²) in [6, 6.07) is 18.9. The Morgan fingerprint density at radius 3 is 2.47 bits per heavy atom. The summed E-state index contributed by atoms with van der Waals surface area (Å²) in [4.78, 5) is 24.5. The normalized spacial score (nSPS) is 11.8. The second-order valence-electron chi connectivity index (χ2n) is 7.65. The average molecular weight is 429 g/mol. The third kappa shape index (κ3) is 4.07. The van der Waals surface area contributed by atoms with Crippen LogP contribution in [0.5, 0.6) is 5.75 Å². The number of hydrogen-bond acceptors (Lipinski definition) is 5. The smallest absolute Gasteiger partial charge is 0.337 e. The van der Waals surface area contributed by atoms with Crippen molar-refractivity contribution in [1.29, 1.82) is 0 Å². The van der Waals surface area contributed by atoms with Crippen molar-refractivity contribution in [2.45, 2.75) is 19.9 Å². The molecule has 1 aromatic heterocycles. The van der Waals surface area contributed by atoms with Crippen molar-refractivity contribution in [3.63, 3.8) is 0 Å². The topological polar surface area (TPSA) is 88.8 Å². The maximum absolute atomic E-state index is 12.9. The molecule has 4 aromatic rings. The van der Waals surface area contributed by atoms with Crippen LogP contribution in [0, 0.1) is 6.92 Å². The minimum Gasteiger partial charge on any atom is -0.497 e. The predicted molar refractivity (Wildman–Crippen MR) is 125 cm³/mol. The fourth-order valence-electron chi connectivity index (χ4n) is 3.76. The van der Waals surface area contributed by atoms with Crippen LogP contribution in [0.2, 0.25) is 0 Å². The molecule has 2 N–H and O–H groups in total. The highest BCUT2D eigenvalue weighted by Crippen LogP contribution is 2.31. The van der Waals surface area contributed by atoms with Crippen LogP contribution in [0.15, 0.2) is 75.9 Å². The molecule has 0 bridgehead atoms. The molecule has 1 heterocycles. The van der Waals surface area contributed by atoms with Gasteiger partial charge in [-0.15, -0.1) is 0 Å². The van der Waals surface area contributed by atoms with Gasteiger partial charge in [-0.25, -0.2) is 4.79 Å². The van der Waals surface area contributed by atoms with Gasteiger partial charge >= 0.3 is 5.97 Å². The van der Waals surface area contributed by atoms with E-state index in [1.807, 2.05) is 44.2 Å². The van der Waals surface area contributed by atoms with Gasteiger partial charge in [-0.05, 0) is 61.9 Å². The van der Waals surface area contributed by atoms with Crippen molar-refractivity contribution in [1.82, 2.24) is 0 Å². The van der Waals surface area contributed by atoms with E-state index in [1.165, 1.54) is 6.07 Å². The Bertz CT molecular complexity index is 1360. The number of ether oxygens (including phenoxy) is 1. The van der Waals surface area contributed by atoms with Crippen LogP contribution in [-0.2, 0) is 0 Å². The van der Waals surface area contributed by atoms with Crippen LogP contribution in [0.3, 0.4) is 0 Å². The Morgan fingerprint density at radius 2 is 1.78 bits per heavy atom. The number of anilines is 1. The van der Waals surface area contributed by atoms with E-state index >= 15 is 0 Å². The van der Waals surface area contributed by atoms with E-state index in [4.69, 9.17) is 9.15 Å². The number of para-hydroxylation sites is 1. The predicted octanol–water partition coefficient (Wildman–Crippen LogP) is 5.65. The van der Waals surface area contributed by atoms with Crippen molar-refractivity contribution in [2.24, 2.45) is 0 Å². The van der Waals surface area contributed by atoms with Crippen molar-refractivity contribution >= 4 is 22.6 Å². The number of carboxylic acids is 1. The number of aryl methyl sites for hydroxylation is 1. The van der Waals surface area contributed by atoms with Crippen LogP contribution in [0.4, 0.5) is 5.69 Å². The zero-order chi connectivity index (χ0) is 22.8. The van der Waals surface area contributed by atoms with Gasteiger partial charge in [0.05, 0.1) is 24.1 Å². The van der Waals surface area contributed by atoms with Crippen molar-refractivity contribution in [3.05, 3.63) is 93.6 Å². The second kappa shape index (κ2) is 8.59. The molecule has 0 aliphatic heterocycles. The fraction of sp³-hybridized carbons (Fsp3) is 0.154. The molecule has 0 radical (unpaired) electrons. The van der Waals surface area contributed by atoms with Gasteiger partial charge in [-0.1, -0.05) is 18.2 Å². The minimum absolute atomic E-state index is 0.139. The first-order valence-electron chi connectivity index (χ1n) is 10.2. The molecule has 6 nitrogen and oxygen atoms in total. The lowest BCUT2D eigenvalue weighted by atomic mass is 10.00. The standard InChI is InChI=1S/C26H23NO5/c1-15-12-20(16(2)27-22-7-5-4-6-19(22)26(29)30)25-21(13-15)23(28)14-24(32-25)17-8-10-18(31-3)11-9-17/h4-14,16,27H,1-3H3,(H,29,30)/t16-/m1/s1. The summed E-state index contributed by atoms with van der Waals surface area (Å²) in [5.74, 6) is 0.152. The van der Waals surface area contributed by atoms with E-state index in [0.29, 0.717) is 28.2 Å². The highest BCUT2D eigenvalue weighted by Gasteiger charge is 2.18. The number of benzene rings is 3. The number of carbonyl (C=O) groups is 1. The molecular weight excluding hydrogens is 406 g/mol. The Kier molecular flexibility index (Phi) is 5.69. The molecule has 4 rings (SSSR count). The third-order valence-electron chi connectivity index (χ3n) is 5.37. The monoisotopic (exact) mass is 429 g/mol. The number of rotatable bonds is 6. The zero-order valence-electron chi connectivity index (χ0n) is 18.0. The van der Waals surface area contributed by atoms with Crippen molar-refractivity contribution in [2.75, 3.05) is 12.4 Å². The molecule has 32 heavy (non-hydrogen) atoms. The second-order valence-corrected chi connectivity index (χ2v) is 7.65. The summed E-state index contributed by atoms with van der Waals surface area (Å²) in [5, 5.41) is 13.2. The van der Waals surface area contributed by atoms with Crippen molar-refractivity contribution < 1.29 is 19.1 Å². The van der Waals surface area contributed by atoms with Gasteiger partial charge < -0.3 is 19.6 Å². The summed E-state index contributed by atoms with van der Waals surface area (Å²) in [7, 11) is 1.59. The van der Waals surface area contributed by atoms with E-state index in [2.05, 4.69) is 5.32 Å². The summed E-state index contributed by atoms with van der Waals surface area (Å²) in [5.41, 5.74) is 3.45. The highest BCUT2D eigenvalue weighted by atomic mass is 16.5. The Labute approximate surface area is 185 Å². The van der Waals surface area contributed by atoms with Gasteiger partial charge in [0, 0.05) is 22.9 Å². The summed E-state index contributed by atoms with van der Waals surface area (Å²) < 4.78 is 11.4. The van der Waals surface area contributed by atoms with Gasteiger partial charge in [0.25, 0.3) is 0 Å². The lowest BCUT2D eigenvalue weighted by Gasteiger charge is -2.19. The first-order valence-corrected chi connectivity index (χ1v) is 10.2. The fourth-order valence-corrected chi connectivity index (χ4v) is 3.76. The summed E-state index contributed by atoms with van der Waals surface area (Å²) >= 11 is 0. The lowest BCUT2D eigenvalue weighted by molar-refractivity contribution is 0.0698. The molecule has 6 heteroatoms. The molecule has 0 aliphatic carbocycles. The molecule has 1 atom stereocenters. The number of methoxy groups -OCH3 is 1. The van der Waals surface area contributed by atoms with E-state index in [-0.39, 0.29) is 17.0 Å². The Balaban J connectivity index is 1.82. The zero-order valence-corrected chi connectivity index (χ0v) is 18.0. The van der Waals surface area contributed by atoms with Gasteiger partial charge in [0.1, 0.15) is 17.1 Å². The summed E-state index contributed by atoms with van der Waals surface area (Å²) in [6.45, 7) is 3.82. The van der Waals surface area contributed by atoms with E-state index in [0.717, 1.165) is 16.7 Å². The first kappa shape index (κ1) is 21.2.